The highest BCUT2D eigenvalue weighted by molar-refractivity contribution is 6.76. The van der Waals surface area contributed by atoms with Gasteiger partial charge in [-0.2, -0.15) is 0 Å². The van der Waals surface area contributed by atoms with Crippen LogP contribution in [0.1, 0.15) is 11.1 Å². The fraction of sp³-hybridized carbons (Fsp3) is 0.111. The molecule has 0 unspecified atom stereocenters. The van der Waals surface area contributed by atoms with Gasteiger partial charge in [-0.15, -0.1) is 6.58 Å². The molecular formula is C18H20OSi. The van der Waals surface area contributed by atoms with E-state index in [4.69, 9.17) is 4.43 Å². The molecule has 0 saturated carbocycles. The van der Waals surface area contributed by atoms with Crippen LogP contribution in [0.4, 0.5) is 0 Å². The average Bonchev–Trinajstić information content (AvgIpc) is 2.47. The molecule has 0 atom stereocenters. The smallest absolute Gasteiger partial charge is 0.269 e. The van der Waals surface area contributed by atoms with Crippen molar-refractivity contribution in [3.63, 3.8) is 0 Å². The molecule has 0 aromatic heterocycles. The number of rotatable bonds is 5. The van der Waals surface area contributed by atoms with Crippen LogP contribution in [0.15, 0.2) is 66.9 Å². The van der Waals surface area contributed by atoms with E-state index in [2.05, 4.69) is 56.1 Å². The van der Waals surface area contributed by atoms with Crippen molar-refractivity contribution in [2.45, 2.75) is 13.1 Å². The summed E-state index contributed by atoms with van der Waals surface area (Å²) in [6, 6.07) is 18.5. The zero-order chi connectivity index (χ0) is 14.4. The maximum atomic E-state index is 5.97. The fourth-order valence-electron chi connectivity index (χ4n) is 1.75. The van der Waals surface area contributed by atoms with Crippen molar-refractivity contribution < 1.29 is 4.43 Å². The van der Waals surface area contributed by atoms with E-state index in [0.29, 0.717) is 0 Å². The molecule has 102 valence electrons. The monoisotopic (exact) mass is 280 g/mol. The molecule has 0 aliphatic heterocycles. The lowest BCUT2D eigenvalue weighted by Crippen LogP contribution is -2.31. The topological polar surface area (TPSA) is 9.23 Å². The maximum absolute atomic E-state index is 5.97. The molecule has 0 aliphatic carbocycles. The van der Waals surface area contributed by atoms with Crippen molar-refractivity contribution in [2.24, 2.45) is 0 Å². The molecule has 0 heterocycles. The van der Waals surface area contributed by atoms with Crippen molar-refractivity contribution in [3.05, 3.63) is 78.0 Å². The molecule has 20 heavy (non-hydrogen) atoms. The molecule has 2 aromatic carbocycles. The van der Waals surface area contributed by atoms with Crippen LogP contribution in [-0.4, -0.2) is 8.32 Å². The van der Waals surface area contributed by atoms with Gasteiger partial charge in [-0.3, -0.25) is 0 Å². The lowest BCUT2D eigenvalue weighted by molar-refractivity contribution is 0.563. The average molecular weight is 280 g/mol. The first-order valence-electron chi connectivity index (χ1n) is 6.75. The van der Waals surface area contributed by atoms with Gasteiger partial charge in [0.05, 0.1) is 0 Å². The van der Waals surface area contributed by atoms with E-state index in [1.165, 1.54) is 11.1 Å². The van der Waals surface area contributed by atoms with Crippen LogP contribution in [-0.2, 0) is 0 Å². The van der Waals surface area contributed by atoms with Gasteiger partial charge in [0.25, 0.3) is 8.32 Å². The Labute approximate surface area is 122 Å². The second-order valence-electron chi connectivity index (χ2n) is 5.22. The Bertz CT molecular complexity index is 583. The van der Waals surface area contributed by atoms with Gasteiger partial charge in [0, 0.05) is 0 Å². The van der Waals surface area contributed by atoms with Crippen LogP contribution in [0, 0.1) is 0 Å². The fourth-order valence-corrected chi connectivity index (χ4v) is 2.58. The van der Waals surface area contributed by atoms with Gasteiger partial charge >= 0.3 is 0 Å². The standard InChI is InChI=1S/C18H20OSi/c1-4-20(2,3)19-18-14-12-17(13-15-18)11-10-16-8-6-5-7-9-16/h4-15H,1H2,2-3H3/b11-10+. The summed E-state index contributed by atoms with van der Waals surface area (Å²) in [5.41, 5.74) is 4.31. The van der Waals surface area contributed by atoms with Crippen molar-refractivity contribution in [3.8, 4) is 5.75 Å². The van der Waals surface area contributed by atoms with Gasteiger partial charge in [0.1, 0.15) is 5.75 Å². The quantitative estimate of drug-likeness (QED) is 0.542. The molecule has 2 rings (SSSR count). The van der Waals surface area contributed by atoms with Gasteiger partial charge in [0.2, 0.25) is 0 Å². The molecule has 2 aromatic rings. The minimum Gasteiger partial charge on any atom is -0.540 e. The molecular weight excluding hydrogens is 260 g/mol. The van der Waals surface area contributed by atoms with E-state index < -0.39 is 8.32 Å². The lowest BCUT2D eigenvalue weighted by Gasteiger charge is -2.19. The summed E-state index contributed by atoms with van der Waals surface area (Å²) in [5, 5.41) is 0. The molecule has 2 heteroatoms. The molecule has 0 bridgehead atoms. The van der Waals surface area contributed by atoms with Gasteiger partial charge in [-0.25, -0.2) is 0 Å². The Hall–Kier alpha value is -2.06. The summed E-state index contributed by atoms with van der Waals surface area (Å²) in [6.07, 6.45) is 4.22. The largest absolute Gasteiger partial charge is 0.540 e. The first kappa shape index (κ1) is 14.3. The Morgan fingerprint density at radius 1 is 0.850 bits per heavy atom. The predicted molar refractivity (Wildman–Crippen MR) is 90.1 cm³/mol. The van der Waals surface area contributed by atoms with Gasteiger partial charge in [0.15, 0.2) is 0 Å². The van der Waals surface area contributed by atoms with Crippen LogP contribution in [0.3, 0.4) is 0 Å². The van der Waals surface area contributed by atoms with Crippen LogP contribution in [0.5, 0.6) is 5.75 Å². The highest BCUT2D eigenvalue weighted by Gasteiger charge is 2.18. The molecule has 0 N–H and O–H groups in total. The van der Waals surface area contributed by atoms with E-state index in [1.807, 2.05) is 36.0 Å². The number of hydrogen-bond acceptors (Lipinski definition) is 1. The second kappa shape index (κ2) is 6.39. The first-order valence-corrected chi connectivity index (χ1v) is 9.73. The molecule has 0 saturated heterocycles. The third-order valence-corrected chi connectivity index (χ3v) is 4.77. The highest BCUT2D eigenvalue weighted by atomic mass is 28.4. The van der Waals surface area contributed by atoms with Gasteiger partial charge < -0.3 is 4.43 Å². The van der Waals surface area contributed by atoms with E-state index >= 15 is 0 Å². The Balaban J connectivity index is 2.05. The van der Waals surface area contributed by atoms with Crippen molar-refractivity contribution in [1.29, 1.82) is 0 Å². The summed E-state index contributed by atoms with van der Waals surface area (Å²) < 4.78 is 5.97. The Kier molecular flexibility index (Phi) is 4.59. The van der Waals surface area contributed by atoms with Gasteiger partial charge in [-0.1, -0.05) is 60.3 Å². The Morgan fingerprint density at radius 3 is 1.95 bits per heavy atom. The molecule has 0 radical (unpaired) electrons. The van der Waals surface area contributed by atoms with Crippen LogP contribution < -0.4 is 4.43 Å². The summed E-state index contributed by atoms with van der Waals surface area (Å²) in [5.74, 6) is 0.915. The lowest BCUT2D eigenvalue weighted by atomic mass is 10.1. The summed E-state index contributed by atoms with van der Waals surface area (Å²) >= 11 is 0. The third-order valence-electron chi connectivity index (χ3n) is 3.02. The summed E-state index contributed by atoms with van der Waals surface area (Å²) in [7, 11) is -1.76. The zero-order valence-electron chi connectivity index (χ0n) is 12.0. The maximum Gasteiger partial charge on any atom is 0.269 e. The minimum absolute atomic E-state index is 0.915. The third kappa shape index (κ3) is 4.25. The summed E-state index contributed by atoms with van der Waals surface area (Å²) in [6.45, 7) is 8.09. The minimum atomic E-state index is -1.76. The molecule has 1 nitrogen and oxygen atoms in total. The SMILES string of the molecule is C=C[Si](C)(C)Oc1ccc(/C=C/c2ccccc2)cc1. The zero-order valence-corrected chi connectivity index (χ0v) is 13.0. The van der Waals surface area contributed by atoms with Crippen molar-refractivity contribution in [1.82, 2.24) is 0 Å². The van der Waals surface area contributed by atoms with Crippen molar-refractivity contribution >= 4 is 20.5 Å². The molecule has 0 aliphatic rings. The van der Waals surface area contributed by atoms with Crippen LogP contribution in [0.25, 0.3) is 12.2 Å². The molecule has 0 fully saturated rings. The first-order chi connectivity index (χ1) is 9.59. The Morgan fingerprint density at radius 2 is 1.40 bits per heavy atom. The van der Waals surface area contributed by atoms with E-state index in [0.717, 1.165) is 5.75 Å². The number of hydrogen-bond donors (Lipinski definition) is 0. The van der Waals surface area contributed by atoms with Crippen molar-refractivity contribution in [2.75, 3.05) is 0 Å². The summed E-state index contributed by atoms with van der Waals surface area (Å²) in [4.78, 5) is 0. The van der Waals surface area contributed by atoms with E-state index in [1.54, 1.807) is 0 Å². The van der Waals surface area contributed by atoms with Crippen LogP contribution in [0.2, 0.25) is 13.1 Å². The predicted octanol–water partition coefficient (Wildman–Crippen LogP) is 5.17. The van der Waals surface area contributed by atoms with Crippen LogP contribution >= 0.6 is 0 Å². The molecule has 0 spiro atoms. The van der Waals surface area contributed by atoms with E-state index in [9.17, 15) is 0 Å². The molecule has 0 amide bonds. The van der Waals surface area contributed by atoms with Gasteiger partial charge in [-0.05, 0) is 36.4 Å². The van der Waals surface area contributed by atoms with E-state index in [-0.39, 0.29) is 0 Å². The normalized spacial score (nSPS) is 11.5. The number of benzene rings is 2. The second-order valence-corrected chi connectivity index (χ2v) is 9.04. The highest BCUT2D eigenvalue weighted by Crippen LogP contribution is 2.18.